The van der Waals surface area contributed by atoms with Crippen molar-refractivity contribution in [2.75, 3.05) is 7.11 Å². The van der Waals surface area contributed by atoms with Gasteiger partial charge in [-0.25, -0.2) is 5.43 Å². The Morgan fingerprint density at radius 2 is 1.85 bits per heavy atom. The Morgan fingerprint density at radius 3 is 2.65 bits per heavy atom. The molecule has 4 rings (SSSR count). The van der Waals surface area contributed by atoms with Crippen molar-refractivity contribution >= 4 is 68.7 Å². The summed E-state index contributed by atoms with van der Waals surface area (Å²) in [4.78, 5) is 12.3. The predicted molar refractivity (Wildman–Crippen MR) is 146 cm³/mol. The molecule has 172 valence electrons. The second-order valence-corrected chi connectivity index (χ2v) is 9.29. The van der Waals surface area contributed by atoms with Gasteiger partial charge in [-0.1, -0.05) is 65.7 Å². The Kier molecular flexibility index (Phi) is 7.92. The third-order valence-electron chi connectivity index (χ3n) is 5.06. The Labute approximate surface area is 220 Å². The highest BCUT2D eigenvalue weighted by Crippen LogP contribution is 2.34. The van der Waals surface area contributed by atoms with Gasteiger partial charge >= 0.3 is 0 Å². The van der Waals surface area contributed by atoms with E-state index >= 15 is 0 Å². The molecule has 0 saturated carbocycles. The lowest BCUT2D eigenvalue weighted by Gasteiger charge is -2.14. The average Bonchev–Trinajstić information content (AvgIpc) is 2.83. The van der Waals surface area contributed by atoms with Gasteiger partial charge in [-0.15, -0.1) is 0 Å². The van der Waals surface area contributed by atoms with Crippen LogP contribution in [0.4, 0.5) is 0 Å². The molecule has 5 nitrogen and oxygen atoms in total. The SMILES string of the molecule is COc1cc(/C=N\NC(=O)c2ccc(Cl)cc2Cl)cc(I)c1OCc1cccc2ccccc12. The van der Waals surface area contributed by atoms with Crippen LogP contribution in [-0.4, -0.2) is 19.2 Å². The summed E-state index contributed by atoms with van der Waals surface area (Å²) in [5.74, 6) is 0.778. The fourth-order valence-electron chi connectivity index (χ4n) is 3.42. The van der Waals surface area contributed by atoms with Gasteiger partial charge in [0.2, 0.25) is 0 Å². The van der Waals surface area contributed by atoms with E-state index in [1.807, 2.05) is 24.3 Å². The molecular weight excluding hydrogens is 586 g/mol. The lowest BCUT2D eigenvalue weighted by atomic mass is 10.1. The maximum absolute atomic E-state index is 12.3. The molecule has 0 aliphatic heterocycles. The molecule has 0 aromatic heterocycles. The highest BCUT2D eigenvalue weighted by atomic mass is 127. The van der Waals surface area contributed by atoms with E-state index in [4.69, 9.17) is 32.7 Å². The van der Waals surface area contributed by atoms with Gasteiger partial charge in [0, 0.05) is 5.02 Å². The minimum Gasteiger partial charge on any atom is -0.493 e. The van der Waals surface area contributed by atoms with Crippen LogP contribution in [0.1, 0.15) is 21.5 Å². The fraction of sp³-hybridized carbons (Fsp3) is 0.0769. The molecule has 1 amide bonds. The lowest BCUT2D eigenvalue weighted by Crippen LogP contribution is -2.18. The van der Waals surface area contributed by atoms with E-state index in [0.29, 0.717) is 23.1 Å². The number of hydrogen-bond donors (Lipinski definition) is 1. The molecule has 0 heterocycles. The molecule has 8 heteroatoms. The summed E-state index contributed by atoms with van der Waals surface area (Å²) in [6, 6.07) is 22.7. The lowest BCUT2D eigenvalue weighted by molar-refractivity contribution is 0.0955. The minimum atomic E-state index is -0.436. The van der Waals surface area contributed by atoms with Gasteiger partial charge in [0.1, 0.15) is 6.61 Å². The molecule has 0 aliphatic rings. The van der Waals surface area contributed by atoms with E-state index in [1.165, 1.54) is 17.7 Å². The summed E-state index contributed by atoms with van der Waals surface area (Å²) in [6.07, 6.45) is 1.53. The Balaban J connectivity index is 1.48. The number of carbonyl (C=O) groups is 1. The van der Waals surface area contributed by atoms with Crippen LogP contribution in [0, 0.1) is 3.57 Å². The maximum Gasteiger partial charge on any atom is 0.272 e. The van der Waals surface area contributed by atoms with Gasteiger partial charge in [-0.05, 0) is 74.8 Å². The largest absolute Gasteiger partial charge is 0.493 e. The fourth-order valence-corrected chi connectivity index (χ4v) is 4.70. The highest BCUT2D eigenvalue weighted by Gasteiger charge is 2.13. The summed E-state index contributed by atoms with van der Waals surface area (Å²) in [7, 11) is 1.58. The average molecular weight is 605 g/mol. The number of benzene rings is 4. The summed E-state index contributed by atoms with van der Waals surface area (Å²) in [5, 5.41) is 7.06. The van der Waals surface area contributed by atoms with E-state index in [0.717, 1.165) is 20.1 Å². The molecule has 0 atom stereocenters. The molecule has 0 spiro atoms. The van der Waals surface area contributed by atoms with Crippen molar-refractivity contribution in [3.63, 3.8) is 0 Å². The normalized spacial score (nSPS) is 11.1. The van der Waals surface area contributed by atoms with Crippen molar-refractivity contribution in [1.29, 1.82) is 0 Å². The number of methoxy groups -OCH3 is 1. The molecule has 0 bridgehead atoms. The van der Waals surface area contributed by atoms with Crippen LogP contribution in [0.3, 0.4) is 0 Å². The van der Waals surface area contributed by atoms with E-state index in [2.05, 4.69) is 57.4 Å². The van der Waals surface area contributed by atoms with Crippen LogP contribution in [0.25, 0.3) is 10.8 Å². The molecule has 1 N–H and O–H groups in total. The number of hydrazone groups is 1. The zero-order chi connectivity index (χ0) is 24.1. The second-order valence-electron chi connectivity index (χ2n) is 7.28. The maximum atomic E-state index is 12.3. The van der Waals surface area contributed by atoms with Gasteiger partial charge in [0.15, 0.2) is 11.5 Å². The first-order valence-electron chi connectivity index (χ1n) is 10.2. The van der Waals surface area contributed by atoms with Crippen molar-refractivity contribution in [3.8, 4) is 11.5 Å². The van der Waals surface area contributed by atoms with Crippen LogP contribution < -0.4 is 14.9 Å². The molecule has 0 fully saturated rings. The number of carbonyl (C=O) groups excluding carboxylic acids is 1. The molecule has 0 unspecified atom stereocenters. The van der Waals surface area contributed by atoms with Crippen LogP contribution in [-0.2, 0) is 6.61 Å². The predicted octanol–water partition coefficient (Wildman–Crippen LogP) is 7.10. The first-order valence-corrected chi connectivity index (χ1v) is 12.0. The third-order valence-corrected chi connectivity index (χ3v) is 6.41. The Bertz CT molecular complexity index is 1390. The topological polar surface area (TPSA) is 59.9 Å². The van der Waals surface area contributed by atoms with E-state index in [-0.39, 0.29) is 10.6 Å². The second kappa shape index (κ2) is 11.1. The zero-order valence-corrected chi connectivity index (χ0v) is 21.7. The van der Waals surface area contributed by atoms with E-state index in [9.17, 15) is 4.79 Å². The number of rotatable bonds is 7. The zero-order valence-electron chi connectivity index (χ0n) is 18.0. The Morgan fingerprint density at radius 1 is 1.06 bits per heavy atom. The number of ether oxygens (including phenoxy) is 2. The molecular formula is C26H19Cl2IN2O3. The van der Waals surface area contributed by atoms with Crippen molar-refractivity contribution in [2.24, 2.45) is 5.10 Å². The first kappa shape index (κ1) is 24.3. The van der Waals surface area contributed by atoms with Crippen molar-refractivity contribution in [1.82, 2.24) is 5.43 Å². The Hall–Kier alpha value is -2.81. The van der Waals surface area contributed by atoms with Crippen LogP contribution >= 0.6 is 45.8 Å². The van der Waals surface area contributed by atoms with Crippen LogP contribution in [0.15, 0.2) is 77.9 Å². The third kappa shape index (κ3) is 5.63. The van der Waals surface area contributed by atoms with Crippen molar-refractivity contribution in [3.05, 3.63) is 103 Å². The molecule has 4 aromatic rings. The van der Waals surface area contributed by atoms with Gasteiger partial charge in [0.05, 0.1) is 27.5 Å². The summed E-state index contributed by atoms with van der Waals surface area (Å²) >= 11 is 14.1. The number of nitrogens with zero attached hydrogens (tertiary/aromatic N) is 1. The number of nitrogens with one attached hydrogen (secondary N) is 1. The first-order chi connectivity index (χ1) is 16.5. The number of hydrogen-bond acceptors (Lipinski definition) is 4. The standard InChI is InChI=1S/C26H19Cl2IN2O3/c1-33-24-12-16(14-30-31-26(32)21-10-9-19(27)13-22(21)28)11-23(29)25(24)34-15-18-7-4-6-17-5-2-3-8-20(17)18/h2-14H,15H2,1H3,(H,31,32)/b30-14-. The molecule has 0 aliphatic carbocycles. The number of amides is 1. The van der Waals surface area contributed by atoms with Crippen LogP contribution in [0.2, 0.25) is 10.0 Å². The van der Waals surface area contributed by atoms with Gasteiger partial charge < -0.3 is 9.47 Å². The highest BCUT2D eigenvalue weighted by molar-refractivity contribution is 14.1. The number of fused-ring (bicyclic) bond motifs is 1. The summed E-state index contributed by atoms with van der Waals surface area (Å²) in [5.41, 5.74) is 4.58. The summed E-state index contributed by atoms with van der Waals surface area (Å²) in [6.45, 7) is 0.402. The van der Waals surface area contributed by atoms with Gasteiger partial charge in [-0.3, -0.25) is 4.79 Å². The molecule has 4 aromatic carbocycles. The number of halogens is 3. The quantitative estimate of drug-likeness (QED) is 0.139. The molecule has 34 heavy (non-hydrogen) atoms. The van der Waals surface area contributed by atoms with Gasteiger partial charge in [-0.2, -0.15) is 5.10 Å². The monoisotopic (exact) mass is 604 g/mol. The molecule has 0 saturated heterocycles. The van der Waals surface area contributed by atoms with Crippen molar-refractivity contribution in [2.45, 2.75) is 6.61 Å². The van der Waals surface area contributed by atoms with E-state index in [1.54, 1.807) is 25.3 Å². The molecule has 0 radical (unpaired) electrons. The van der Waals surface area contributed by atoms with E-state index < -0.39 is 5.91 Å². The smallest absolute Gasteiger partial charge is 0.272 e. The van der Waals surface area contributed by atoms with Gasteiger partial charge in [0.25, 0.3) is 5.91 Å². The van der Waals surface area contributed by atoms with Crippen molar-refractivity contribution < 1.29 is 14.3 Å². The minimum absolute atomic E-state index is 0.254. The summed E-state index contributed by atoms with van der Waals surface area (Å²) < 4.78 is 12.6. The van der Waals surface area contributed by atoms with Crippen LogP contribution in [0.5, 0.6) is 11.5 Å².